The van der Waals surface area contributed by atoms with Crippen LogP contribution in [0.4, 0.5) is 0 Å². The third-order valence-corrected chi connectivity index (χ3v) is 5.61. The van der Waals surface area contributed by atoms with Gasteiger partial charge in [-0.2, -0.15) is 5.10 Å². The number of carbonyl (C=O) groups excluding carboxylic acids is 1. The lowest BCUT2D eigenvalue weighted by molar-refractivity contribution is -0.208. The second-order valence-electron chi connectivity index (χ2n) is 7.59. The SMILES string of the molecule is Cn1cc(CN2CC[C@@H]3OC[C@H](C(=O)N4CCCCO4)C[C@@H]3C2)cn1. The fraction of sp³-hybridized carbons (Fsp3) is 0.778. The molecule has 1 amide bonds. The number of rotatable bonds is 3. The first-order valence-corrected chi connectivity index (χ1v) is 9.45. The first-order valence-electron chi connectivity index (χ1n) is 9.45. The Hall–Kier alpha value is -1.44. The van der Waals surface area contributed by atoms with Crippen molar-refractivity contribution in [3.05, 3.63) is 18.0 Å². The van der Waals surface area contributed by atoms with Gasteiger partial charge >= 0.3 is 0 Å². The fourth-order valence-corrected chi connectivity index (χ4v) is 4.31. The van der Waals surface area contributed by atoms with E-state index in [1.54, 1.807) is 5.06 Å². The number of aryl methyl sites for hydroxylation is 1. The van der Waals surface area contributed by atoms with Crippen LogP contribution in [0.1, 0.15) is 31.2 Å². The molecule has 0 aliphatic carbocycles. The summed E-state index contributed by atoms with van der Waals surface area (Å²) in [5.74, 6) is 0.484. The zero-order chi connectivity index (χ0) is 17.2. The summed E-state index contributed by atoms with van der Waals surface area (Å²) in [6.07, 6.45) is 8.34. The van der Waals surface area contributed by atoms with Crippen molar-refractivity contribution in [2.75, 3.05) is 32.8 Å². The Morgan fingerprint density at radius 3 is 3.04 bits per heavy atom. The van der Waals surface area contributed by atoms with Gasteiger partial charge in [0.2, 0.25) is 0 Å². The number of hydrogen-bond donors (Lipinski definition) is 0. The van der Waals surface area contributed by atoms with E-state index in [4.69, 9.17) is 9.57 Å². The van der Waals surface area contributed by atoms with Gasteiger partial charge in [0, 0.05) is 45.0 Å². The molecule has 3 aliphatic rings. The van der Waals surface area contributed by atoms with Crippen molar-refractivity contribution in [1.82, 2.24) is 19.7 Å². The summed E-state index contributed by atoms with van der Waals surface area (Å²) in [6.45, 7) is 4.88. The van der Waals surface area contributed by atoms with Crippen molar-refractivity contribution < 1.29 is 14.4 Å². The minimum atomic E-state index is -0.0577. The summed E-state index contributed by atoms with van der Waals surface area (Å²) in [5, 5.41) is 5.83. The fourth-order valence-electron chi connectivity index (χ4n) is 4.31. The number of piperidine rings is 1. The van der Waals surface area contributed by atoms with E-state index in [2.05, 4.69) is 16.2 Å². The molecule has 1 aromatic rings. The van der Waals surface area contributed by atoms with E-state index < -0.39 is 0 Å². The van der Waals surface area contributed by atoms with Crippen molar-refractivity contribution in [2.24, 2.45) is 18.9 Å². The van der Waals surface area contributed by atoms with Crippen LogP contribution in [0.5, 0.6) is 0 Å². The normalized spacial score (nSPS) is 30.9. The quantitative estimate of drug-likeness (QED) is 0.821. The maximum Gasteiger partial charge on any atom is 0.251 e. The van der Waals surface area contributed by atoms with Crippen LogP contribution < -0.4 is 0 Å². The molecular weight excluding hydrogens is 320 g/mol. The second-order valence-corrected chi connectivity index (χ2v) is 7.59. The smallest absolute Gasteiger partial charge is 0.251 e. The lowest BCUT2D eigenvalue weighted by Gasteiger charge is -2.43. The Labute approximate surface area is 148 Å². The molecule has 138 valence electrons. The van der Waals surface area contributed by atoms with Gasteiger partial charge in [-0.05, 0) is 31.6 Å². The van der Waals surface area contributed by atoms with E-state index in [1.165, 1.54) is 5.56 Å². The Morgan fingerprint density at radius 2 is 2.28 bits per heavy atom. The molecule has 0 saturated carbocycles. The van der Waals surface area contributed by atoms with Crippen molar-refractivity contribution in [1.29, 1.82) is 0 Å². The summed E-state index contributed by atoms with van der Waals surface area (Å²) in [7, 11) is 1.95. The number of nitrogens with zero attached hydrogens (tertiary/aromatic N) is 4. The summed E-state index contributed by atoms with van der Waals surface area (Å²) >= 11 is 0. The van der Waals surface area contributed by atoms with E-state index in [9.17, 15) is 4.79 Å². The molecule has 7 nitrogen and oxygen atoms in total. The third kappa shape index (κ3) is 3.88. The van der Waals surface area contributed by atoms with Gasteiger partial charge in [0.05, 0.1) is 31.4 Å². The van der Waals surface area contributed by atoms with E-state index in [1.807, 2.05) is 17.9 Å². The van der Waals surface area contributed by atoms with Crippen molar-refractivity contribution in [3.8, 4) is 0 Å². The molecule has 25 heavy (non-hydrogen) atoms. The Bertz CT molecular complexity index is 599. The number of hydrogen-bond acceptors (Lipinski definition) is 5. The molecule has 1 aromatic heterocycles. The maximum atomic E-state index is 12.7. The average Bonchev–Trinajstić information content (AvgIpc) is 3.06. The van der Waals surface area contributed by atoms with Gasteiger partial charge in [-0.3, -0.25) is 19.2 Å². The van der Waals surface area contributed by atoms with Gasteiger partial charge in [0.15, 0.2) is 0 Å². The van der Waals surface area contributed by atoms with E-state index in [0.717, 1.165) is 51.9 Å². The highest BCUT2D eigenvalue weighted by atomic mass is 16.7. The van der Waals surface area contributed by atoms with E-state index in [0.29, 0.717) is 25.2 Å². The van der Waals surface area contributed by atoms with Gasteiger partial charge in [-0.25, -0.2) is 5.06 Å². The zero-order valence-corrected chi connectivity index (χ0v) is 15.0. The summed E-state index contributed by atoms with van der Waals surface area (Å²) in [5.41, 5.74) is 1.24. The predicted molar refractivity (Wildman–Crippen MR) is 91.3 cm³/mol. The highest BCUT2D eigenvalue weighted by molar-refractivity contribution is 5.78. The third-order valence-electron chi connectivity index (χ3n) is 5.61. The summed E-state index contributed by atoms with van der Waals surface area (Å²) < 4.78 is 7.91. The molecule has 3 fully saturated rings. The lowest BCUT2D eigenvalue weighted by Crippen LogP contribution is -2.51. The molecule has 0 spiro atoms. The van der Waals surface area contributed by atoms with Crippen LogP contribution in [0.15, 0.2) is 12.4 Å². The number of carbonyl (C=O) groups is 1. The second kappa shape index (κ2) is 7.43. The van der Waals surface area contributed by atoms with Crippen LogP contribution >= 0.6 is 0 Å². The lowest BCUT2D eigenvalue weighted by atomic mass is 9.83. The monoisotopic (exact) mass is 348 g/mol. The largest absolute Gasteiger partial charge is 0.377 e. The van der Waals surface area contributed by atoms with Gasteiger partial charge in [0.25, 0.3) is 5.91 Å². The predicted octanol–water partition coefficient (Wildman–Crippen LogP) is 1.20. The first kappa shape index (κ1) is 17.0. The van der Waals surface area contributed by atoms with Crippen LogP contribution in [0, 0.1) is 11.8 Å². The topological polar surface area (TPSA) is 59.8 Å². The van der Waals surface area contributed by atoms with Gasteiger partial charge in [0.1, 0.15) is 0 Å². The highest BCUT2D eigenvalue weighted by Gasteiger charge is 2.39. The summed E-state index contributed by atoms with van der Waals surface area (Å²) in [4.78, 5) is 20.7. The van der Waals surface area contributed by atoms with Crippen LogP contribution in [-0.4, -0.2) is 64.6 Å². The minimum absolute atomic E-state index is 0.0577. The minimum Gasteiger partial charge on any atom is -0.377 e. The summed E-state index contributed by atoms with van der Waals surface area (Å²) in [6, 6.07) is 0. The van der Waals surface area contributed by atoms with Crippen LogP contribution in [0.3, 0.4) is 0 Å². The molecule has 0 N–H and O–H groups in total. The molecule has 3 atom stereocenters. The molecule has 0 unspecified atom stereocenters. The molecule has 7 heteroatoms. The molecule has 0 aromatic carbocycles. The molecule has 4 heterocycles. The van der Waals surface area contributed by atoms with E-state index in [-0.39, 0.29) is 11.8 Å². The molecule has 3 aliphatic heterocycles. The van der Waals surface area contributed by atoms with Crippen molar-refractivity contribution in [2.45, 2.75) is 38.3 Å². The van der Waals surface area contributed by atoms with Crippen LogP contribution in [0.2, 0.25) is 0 Å². The number of hydroxylamine groups is 2. The Morgan fingerprint density at radius 1 is 1.36 bits per heavy atom. The maximum absolute atomic E-state index is 12.7. The van der Waals surface area contributed by atoms with Gasteiger partial charge in [-0.1, -0.05) is 0 Å². The average molecular weight is 348 g/mol. The highest BCUT2D eigenvalue weighted by Crippen LogP contribution is 2.33. The van der Waals surface area contributed by atoms with Crippen LogP contribution in [0.25, 0.3) is 0 Å². The van der Waals surface area contributed by atoms with Crippen LogP contribution in [-0.2, 0) is 28.0 Å². The molecular formula is C18H28N4O3. The standard InChI is InChI=1S/C18H28N4O3/c1-20-10-14(9-19-20)11-21-6-4-17-15(12-21)8-16(13-24-17)18(23)22-5-2-3-7-25-22/h9-10,15-17H,2-8,11-13H2,1H3/t15-,16-,17+/m1/s1. The number of fused-ring (bicyclic) bond motifs is 1. The first-order chi connectivity index (χ1) is 12.2. The van der Waals surface area contributed by atoms with Gasteiger partial charge < -0.3 is 4.74 Å². The number of amides is 1. The van der Waals surface area contributed by atoms with Crippen molar-refractivity contribution in [3.63, 3.8) is 0 Å². The van der Waals surface area contributed by atoms with E-state index >= 15 is 0 Å². The van der Waals surface area contributed by atoms with Gasteiger partial charge in [-0.15, -0.1) is 0 Å². The number of aromatic nitrogens is 2. The Balaban J connectivity index is 1.34. The zero-order valence-electron chi connectivity index (χ0n) is 15.0. The molecule has 0 bridgehead atoms. The molecule has 4 rings (SSSR count). The molecule has 0 radical (unpaired) electrons. The molecule has 3 saturated heterocycles. The number of ether oxygens (including phenoxy) is 1. The van der Waals surface area contributed by atoms with Crippen molar-refractivity contribution >= 4 is 5.91 Å². The Kier molecular flexibility index (Phi) is 5.05. The number of likely N-dealkylation sites (tertiary alicyclic amines) is 1.